The number of hydrogen-bond acceptors (Lipinski definition) is 5. The Morgan fingerprint density at radius 3 is 2.24 bits per heavy atom. The number of halogens is 1. The van der Waals surface area contributed by atoms with Crippen molar-refractivity contribution in [2.75, 3.05) is 6.61 Å². The Balaban J connectivity index is 2.10. The molecule has 1 unspecified atom stereocenters. The Morgan fingerprint density at radius 2 is 1.76 bits per heavy atom. The number of Topliss-reactive ketones (excluding diaryl/α,β-unsaturated/α-hetero) is 1. The van der Waals surface area contributed by atoms with E-state index in [1.807, 2.05) is 18.5 Å². The molecule has 9 heteroatoms. The number of benzene rings is 1. The zero-order chi connectivity index (χ0) is 21.9. The summed E-state index contributed by atoms with van der Waals surface area (Å²) >= 11 is 5.79. The highest BCUT2D eigenvalue weighted by Gasteiger charge is 2.30. The van der Waals surface area contributed by atoms with E-state index < -0.39 is 28.6 Å². The summed E-state index contributed by atoms with van der Waals surface area (Å²) in [5.41, 5.74) is 2.15. The second kappa shape index (κ2) is 9.11. The fourth-order valence-electron chi connectivity index (χ4n) is 2.75. The molecule has 2 aromatic rings. The second-order valence-corrected chi connectivity index (χ2v) is 9.32. The summed E-state index contributed by atoms with van der Waals surface area (Å²) in [5.74, 6) is -1.54. The monoisotopic (exact) mass is 440 g/mol. The maximum Gasteiger partial charge on any atom is 0.324 e. The largest absolute Gasteiger partial charge is 0.456 e. The van der Waals surface area contributed by atoms with Crippen molar-refractivity contribution >= 4 is 33.4 Å². The van der Waals surface area contributed by atoms with Crippen LogP contribution in [0.1, 0.15) is 35.6 Å². The lowest BCUT2D eigenvalue weighted by atomic mass is 10.1. The maximum atomic E-state index is 12.6. The van der Waals surface area contributed by atoms with Crippen molar-refractivity contribution in [2.24, 2.45) is 13.0 Å². The zero-order valence-corrected chi connectivity index (χ0v) is 18.6. The zero-order valence-electron chi connectivity index (χ0n) is 17.0. The van der Waals surface area contributed by atoms with Crippen molar-refractivity contribution < 1.29 is 22.7 Å². The van der Waals surface area contributed by atoms with E-state index in [1.165, 1.54) is 24.3 Å². The van der Waals surface area contributed by atoms with Gasteiger partial charge >= 0.3 is 5.97 Å². The number of ketones is 1. The smallest absolute Gasteiger partial charge is 0.324 e. The van der Waals surface area contributed by atoms with E-state index >= 15 is 0 Å². The van der Waals surface area contributed by atoms with Crippen molar-refractivity contribution in [3.63, 3.8) is 0 Å². The average molecular weight is 441 g/mol. The van der Waals surface area contributed by atoms with E-state index in [1.54, 1.807) is 26.8 Å². The molecule has 1 atom stereocenters. The van der Waals surface area contributed by atoms with Gasteiger partial charge in [-0.15, -0.1) is 0 Å². The molecule has 0 bridgehead atoms. The number of carbonyl (C=O) groups is 2. The summed E-state index contributed by atoms with van der Waals surface area (Å²) in [6.45, 7) is 6.58. The molecule has 2 rings (SSSR count). The van der Waals surface area contributed by atoms with Crippen LogP contribution in [0.15, 0.2) is 35.2 Å². The Hall–Kier alpha value is -2.16. The molecule has 7 nitrogen and oxygen atoms in total. The average Bonchev–Trinajstić information content (AvgIpc) is 2.91. The van der Waals surface area contributed by atoms with Crippen molar-refractivity contribution in [3.8, 4) is 0 Å². The van der Waals surface area contributed by atoms with Crippen molar-refractivity contribution in [3.05, 3.63) is 52.3 Å². The number of hydrogen-bond donors (Lipinski definition) is 1. The molecule has 0 saturated carbocycles. The Labute approximate surface area is 176 Å². The van der Waals surface area contributed by atoms with Crippen LogP contribution in [0.4, 0.5) is 0 Å². The highest BCUT2D eigenvalue weighted by molar-refractivity contribution is 7.89. The van der Waals surface area contributed by atoms with E-state index in [0.29, 0.717) is 10.6 Å². The normalized spacial score (nSPS) is 12.8. The minimum absolute atomic E-state index is 0.0215. The minimum Gasteiger partial charge on any atom is -0.456 e. The summed E-state index contributed by atoms with van der Waals surface area (Å²) in [6, 6.07) is 6.18. The molecule has 0 aliphatic rings. The summed E-state index contributed by atoms with van der Waals surface area (Å²) in [6.07, 6.45) is 0. The predicted octanol–water partition coefficient (Wildman–Crippen LogP) is 3.02. The van der Waals surface area contributed by atoms with Gasteiger partial charge in [-0.1, -0.05) is 25.4 Å². The van der Waals surface area contributed by atoms with Crippen LogP contribution in [0.25, 0.3) is 0 Å². The second-order valence-electron chi connectivity index (χ2n) is 7.17. The lowest BCUT2D eigenvalue weighted by Gasteiger charge is -2.20. The summed E-state index contributed by atoms with van der Waals surface area (Å²) in [5, 5.41) is 0.397. The van der Waals surface area contributed by atoms with E-state index in [9.17, 15) is 18.0 Å². The molecule has 1 N–H and O–H groups in total. The van der Waals surface area contributed by atoms with Gasteiger partial charge in [0.05, 0.1) is 4.90 Å². The fraction of sp³-hybridized carbons (Fsp3) is 0.400. The number of nitrogens with zero attached hydrogens (tertiary/aromatic N) is 1. The first-order valence-corrected chi connectivity index (χ1v) is 10.9. The van der Waals surface area contributed by atoms with Gasteiger partial charge in [0.1, 0.15) is 6.04 Å². The third-order valence-electron chi connectivity index (χ3n) is 4.75. The third-order valence-corrected chi connectivity index (χ3v) is 6.46. The highest BCUT2D eigenvalue weighted by Crippen LogP contribution is 2.17. The van der Waals surface area contributed by atoms with Crippen molar-refractivity contribution in [1.29, 1.82) is 0 Å². The lowest BCUT2D eigenvalue weighted by Crippen LogP contribution is -2.45. The van der Waals surface area contributed by atoms with Crippen LogP contribution in [-0.2, 0) is 26.6 Å². The molecule has 0 spiro atoms. The first-order valence-electron chi connectivity index (χ1n) is 9.04. The van der Waals surface area contributed by atoms with Gasteiger partial charge in [0, 0.05) is 29.0 Å². The Morgan fingerprint density at radius 1 is 1.17 bits per heavy atom. The first-order chi connectivity index (χ1) is 13.4. The number of rotatable bonds is 8. The van der Waals surface area contributed by atoms with Crippen LogP contribution in [-0.4, -0.2) is 37.4 Å². The van der Waals surface area contributed by atoms with Crippen molar-refractivity contribution in [2.45, 2.75) is 38.6 Å². The molecule has 1 aromatic carbocycles. The molecule has 0 amide bonds. The number of carbonyl (C=O) groups excluding carboxylic acids is 2. The summed E-state index contributed by atoms with van der Waals surface area (Å²) in [7, 11) is -2.12. The third kappa shape index (κ3) is 5.46. The van der Waals surface area contributed by atoms with Crippen LogP contribution >= 0.6 is 11.6 Å². The SMILES string of the molecule is Cc1cc(C(=O)COC(=O)C(NS(=O)(=O)c2ccc(Cl)cc2)C(C)C)c(C)n1C. The number of esters is 1. The molecule has 158 valence electrons. The standard InChI is InChI=1S/C20H25ClN2O5S/c1-12(2)19(22-29(26,27)16-8-6-15(21)7-9-16)20(25)28-11-18(24)17-10-13(3)23(5)14(17)4/h6-10,12,19,22H,11H2,1-5H3. The van der Waals surface area contributed by atoms with Gasteiger partial charge in [-0.3, -0.25) is 9.59 Å². The van der Waals surface area contributed by atoms with Gasteiger partial charge in [0.2, 0.25) is 15.8 Å². The molecule has 0 fully saturated rings. The van der Waals surface area contributed by atoms with Gasteiger partial charge in [-0.25, -0.2) is 8.42 Å². The molecule has 0 aliphatic heterocycles. The Bertz CT molecular complexity index is 1010. The predicted molar refractivity (Wildman–Crippen MR) is 111 cm³/mol. The first kappa shape index (κ1) is 23.1. The molecule has 0 aliphatic carbocycles. The molecule has 1 aromatic heterocycles. The number of ether oxygens (including phenoxy) is 1. The Kier molecular flexibility index (Phi) is 7.26. The van der Waals surface area contributed by atoms with Gasteiger partial charge in [-0.2, -0.15) is 4.72 Å². The van der Waals surface area contributed by atoms with E-state index in [-0.39, 0.29) is 16.6 Å². The lowest BCUT2D eigenvalue weighted by molar-refractivity contribution is -0.145. The van der Waals surface area contributed by atoms with E-state index in [0.717, 1.165) is 11.4 Å². The topological polar surface area (TPSA) is 94.5 Å². The molecular weight excluding hydrogens is 416 g/mol. The van der Waals surface area contributed by atoms with E-state index in [4.69, 9.17) is 16.3 Å². The van der Waals surface area contributed by atoms with Crippen LogP contribution in [0.3, 0.4) is 0 Å². The number of sulfonamides is 1. The summed E-state index contributed by atoms with van der Waals surface area (Å²) < 4.78 is 34.5. The maximum absolute atomic E-state index is 12.6. The quantitative estimate of drug-likeness (QED) is 0.503. The number of nitrogens with one attached hydrogen (secondary N) is 1. The van der Waals surface area contributed by atoms with Crippen LogP contribution in [0, 0.1) is 19.8 Å². The van der Waals surface area contributed by atoms with Crippen LogP contribution in [0.2, 0.25) is 5.02 Å². The van der Waals surface area contributed by atoms with Gasteiger partial charge < -0.3 is 9.30 Å². The summed E-state index contributed by atoms with van der Waals surface area (Å²) in [4.78, 5) is 24.9. The molecule has 0 radical (unpaired) electrons. The number of aromatic nitrogens is 1. The highest BCUT2D eigenvalue weighted by atomic mass is 35.5. The molecule has 0 saturated heterocycles. The van der Waals surface area contributed by atoms with Gasteiger partial charge in [-0.05, 0) is 50.1 Å². The molecule has 1 heterocycles. The van der Waals surface area contributed by atoms with Crippen molar-refractivity contribution in [1.82, 2.24) is 9.29 Å². The minimum atomic E-state index is -3.96. The van der Waals surface area contributed by atoms with Gasteiger partial charge in [0.25, 0.3) is 0 Å². The fourth-order valence-corrected chi connectivity index (χ4v) is 4.21. The van der Waals surface area contributed by atoms with Crippen LogP contribution < -0.4 is 4.72 Å². The van der Waals surface area contributed by atoms with E-state index in [2.05, 4.69) is 4.72 Å². The number of aryl methyl sites for hydroxylation is 1. The van der Waals surface area contributed by atoms with Crippen LogP contribution in [0.5, 0.6) is 0 Å². The van der Waals surface area contributed by atoms with Gasteiger partial charge in [0.15, 0.2) is 6.61 Å². The molecular formula is C20H25ClN2O5S. The molecule has 29 heavy (non-hydrogen) atoms.